The van der Waals surface area contributed by atoms with Crippen LogP contribution in [0.2, 0.25) is 0 Å². The molecule has 0 radical (unpaired) electrons. The fourth-order valence-corrected chi connectivity index (χ4v) is 4.98. The lowest BCUT2D eigenvalue weighted by molar-refractivity contribution is -0.116. The van der Waals surface area contributed by atoms with Gasteiger partial charge in [0.15, 0.2) is 5.82 Å². The minimum atomic E-state index is -0.214. The summed E-state index contributed by atoms with van der Waals surface area (Å²) in [6, 6.07) is 15.0. The summed E-state index contributed by atoms with van der Waals surface area (Å²) in [6.45, 7) is 0. The van der Waals surface area contributed by atoms with Gasteiger partial charge in [-0.1, -0.05) is 56.0 Å². The number of fused-ring (bicyclic) bond motifs is 3. The maximum absolute atomic E-state index is 13.7. The lowest BCUT2D eigenvalue weighted by Crippen LogP contribution is -2.19. The number of rotatable bonds is 6. The van der Waals surface area contributed by atoms with Crippen LogP contribution in [0.25, 0.3) is 11.3 Å². The summed E-state index contributed by atoms with van der Waals surface area (Å²) >= 11 is 0. The van der Waals surface area contributed by atoms with E-state index in [-0.39, 0.29) is 11.7 Å². The molecule has 1 heterocycles. The highest BCUT2D eigenvalue weighted by Gasteiger charge is 2.25. The number of carbonyl (C=O) groups is 1. The molecule has 2 aliphatic rings. The number of anilines is 1. The fourth-order valence-electron chi connectivity index (χ4n) is 4.98. The van der Waals surface area contributed by atoms with Gasteiger partial charge in [0.25, 0.3) is 0 Å². The van der Waals surface area contributed by atoms with Crippen molar-refractivity contribution in [3.63, 3.8) is 0 Å². The average Bonchev–Trinajstić information content (AvgIpc) is 3.32. The highest BCUT2D eigenvalue weighted by Crippen LogP contribution is 2.35. The van der Waals surface area contributed by atoms with Crippen LogP contribution >= 0.6 is 0 Å². The molecule has 1 amide bonds. The number of halogens is 1. The van der Waals surface area contributed by atoms with E-state index in [0.717, 1.165) is 46.6 Å². The smallest absolute Gasteiger partial charge is 0.225 e. The first-order valence-electron chi connectivity index (χ1n) is 11.7. The number of benzene rings is 2. The molecule has 3 aromatic rings. The highest BCUT2D eigenvalue weighted by molar-refractivity contribution is 5.90. The van der Waals surface area contributed by atoms with Crippen LogP contribution < -0.4 is 5.32 Å². The number of nitrogens with zero attached hydrogens (tertiary/aromatic N) is 2. The van der Waals surface area contributed by atoms with E-state index >= 15 is 0 Å². The molecule has 2 aromatic carbocycles. The van der Waals surface area contributed by atoms with E-state index in [9.17, 15) is 9.18 Å². The predicted molar refractivity (Wildman–Crippen MR) is 124 cm³/mol. The molecule has 0 atom stereocenters. The number of hydrogen-bond donors (Lipinski definition) is 1. The summed E-state index contributed by atoms with van der Waals surface area (Å²) in [5.41, 5.74) is 5.70. The van der Waals surface area contributed by atoms with Crippen LogP contribution in [0.4, 0.5) is 10.2 Å². The van der Waals surface area contributed by atoms with E-state index in [1.54, 1.807) is 6.07 Å². The van der Waals surface area contributed by atoms with Gasteiger partial charge < -0.3 is 5.32 Å². The minimum absolute atomic E-state index is 0.0333. The summed E-state index contributed by atoms with van der Waals surface area (Å²) < 4.78 is 13.7. The Morgan fingerprint density at radius 1 is 1.03 bits per heavy atom. The lowest BCUT2D eigenvalue weighted by Gasteiger charge is -2.22. The number of aryl methyl sites for hydroxylation is 3. The summed E-state index contributed by atoms with van der Waals surface area (Å²) in [6.07, 6.45) is 8.27. The Hall–Kier alpha value is -3.08. The second-order valence-corrected chi connectivity index (χ2v) is 9.00. The Labute approximate surface area is 188 Å². The average molecular weight is 430 g/mol. The van der Waals surface area contributed by atoms with Crippen molar-refractivity contribution in [1.82, 2.24) is 9.97 Å². The standard InChI is InChI=1S/C27H28FN3O/c28-21-12-13-22-20(17-21)11-14-23-26(22)29-24(16-19-8-4-5-9-19)27(30-23)31-25(32)15-10-18-6-2-1-3-7-18/h1-3,6-7,12-13,17,19H,4-5,8-11,14-16H2,(H,30,31,32). The van der Waals surface area contributed by atoms with Crippen LogP contribution in [0.15, 0.2) is 48.5 Å². The molecule has 32 heavy (non-hydrogen) atoms. The maximum Gasteiger partial charge on any atom is 0.225 e. The van der Waals surface area contributed by atoms with Crippen molar-refractivity contribution in [3.05, 3.63) is 76.9 Å². The molecule has 0 aliphatic heterocycles. The van der Waals surface area contributed by atoms with Crippen molar-refractivity contribution in [2.45, 2.75) is 57.8 Å². The molecular formula is C27H28FN3O. The number of aromatic nitrogens is 2. The second kappa shape index (κ2) is 9.19. The third-order valence-electron chi connectivity index (χ3n) is 6.69. The molecule has 0 bridgehead atoms. The Morgan fingerprint density at radius 2 is 1.84 bits per heavy atom. The van der Waals surface area contributed by atoms with Crippen molar-refractivity contribution >= 4 is 11.7 Å². The van der Waals surface area contributed by atoms with Crippen LogP contribution in [0.1, 0.15) is 54.6 Å². The molecule has 1 N–H and O–H groups in total. The SMILES string of the molecule is O=C(CCc1ccccc1)Nc1nc2c(nc1CC1CCCC1)-c1ccc(F)cc1CC2. The van der Waals surface area contributed by atoms with Crippen molar-refractivity contribution in [3.8, 4) is 11.3 Å². The van der Waals surface area contributed by atoms with Gasteiger partial charge in [0.05, 0.1) is 17.1 Å². The molecular weight excluding hydrogens is 401 g/mol. The number of nitrogens with one attached hydrogen (secondary N) is 1. The Balaban J connectivity index is 1.42. The van der Waals surface area contributed by atoms with Crippen LogP contribution in [-0.4, -0.2) is 15.9 Å². The first kappa shape index (κ1) is 20.8. The van der Waals surface area contributed by atoms with Gasteiger partial charge in [-0.3, -0.25) is 4.79 Å². The fraction of sp³-hybridized carbons (Fsp3) is 0.370. The molecule has 1 saturated carbocycles. The maximum atomic E-state index is 13.7. The van der Waals surface area contributed by atoms with Gasteiger partial charge in [0.1, 0.15) is 5.82 Å². The van der Waals surface area contributed by atoms with Gasteiger partial charge in [-0.25, -0.2) is 14.4 Å². The number of carbonyl (C=O) groups excluding carboxylic acids is 1. The molecule has 0 unspecified atom stereocenters. The van der Waals surface area contributed by atoms with Crippen molar-refractivity contribution in [2.75, 3.05) is 5.32 Å². The number of hydrogen-bond acceptors (Lipinski definition) is 3. The van der Waals surface area contributed by atoms with Crippen LogP contribution in [0, 0.1) is 11.7 Å². The highest BCUT2D eigenvalue weighted by atomic mass is 19.1. The van der Waals surface area contributed by atoms with Crippen LogP contribution in [0.5, 0.6) is 0 Å². The van der Waals surface area contributed by atoms with Crippen LogP contribution in [0.3, 0.4) is 0 Å². The second-order valence-electron chi connectivity index (χ2n) is 9.00. The van der Waals surface area contributed by atoms with Gasteiger partial charge in [-0.05, 0) is 60.9 Å². The first-order chi connectivity index (χ1) is 15.7. The van der Waals surface area contributed by atoms with Crippen molar-refractivity contribution in [2.24, 2.45) is 5.92 Å². The van der Waals surface area contributed by atoms with E-state index in [1.165, 1.54) is 31.7 Å². The van der Waals surface area contributed by atoms with Crippen LogP contribution in [-0.2, 0) is 30.5 Å². The Morgan fingerprint density at radius 3 is 2.66 bits per heavy atom. The zero-order chi connectivity index (χ0) is 21.9. The summed E-state index contributed by atoms with van der Waals surface area (Å²) in [4.78, 5) is 22.7. The molecule has 0 saturated heterocycles. The minimum Gasteiger partial charge on any atom is -0.309 e. The molecule has 1 aromatic heterocycles. The predicted octanol–water partition coefficient (Wildman–Crippen LogP) is 5.69. The molecule has 0 spiro atoms. The molecule has 2 aliphatic carbocycles. The van der Waals surface area contributed by atoms with Gasteiger partial charge in [0.2, 0.25) is 5.91 Å². The third kappa shape index (κ3) is 4.57. The summed E-state index contributed by atoms with van der Waals surface area (Å²) in [5, 5.41) is 3.07. The summed E-state index contributed by atoms with van der Waals surface area (Å²) in [7, 11) is 0. The van der Waals surface area contributed by atoms with Gasteiger partial charge >= 0.3 is 0 Å². The molecule has 5 rings (SSSR count). The third-order valence-corrected chi connectivity index (χ3v) is 6.69. The molecule has 164 valence electrons. The molecule has 5 heteroatoms. The van der Waals surface area contributed by atoms with E-state index in [1.807, 2.05) is 36.4 Å². The zero-order valence-corrected chi connectivity index (χ0v) is 18.2. The zero-order valence-electron chi connectivity index (χ0n) is 18.2. The van der Waals surface area contributed by atoms with E-state index in [2.05, 4.69) is 5.32 Å². The molecule has 4 nitrogen and oxygen atoms in total. The van der Waals surface area contributed by atoms with Gasteiger partial charge in [-0.15, -0.1) is 0 Å². The first-order valence-corrected chi connectivity index (χ1v) is 11.7. The monoisotopic (exact) mass is 429 g/mol. The molecule has 1 fully saturated rings. The normalized spacial score (nSPS) is 15.3. The van der Waals surface area contributed by atoms with Gasteiger partial charge in [0, 0.05) is 12.0 Å². The Kier molecular flexibility index (Phi) is 5.97. The Bertz CT molecular complexity index is 1120. The largest absolute Gasteiger partial charge is 0.309 e. The van der Waals surface area contributed by atoms with E-state index < -0.39 is 0 Å². The van der Waals surface area contributed by atoms with E-state index in [0.29, 0.717) is 31.0 Å². The van der Waals surface area contributed by atoms with E-state index in [4.69, 9.17) is 9.97 Å². The lowest BCUT2D eigenvalue weighted by atomic mass is 9.91. The summed E-state index contributed by atoms with van der Waals surface area (Å²) in [5.74, 6) is 0.945. The quantitative estimate of drug-likeness (QED) is 0.548. The topological polar surface area (TPSA) is 54.9 Å². The van der Waals surface area contributed by atoms with Crippen molar-refractivity contribution < 1.29 is 9.18 Å². The van der Waals surface area contributed by atoms with Gasteiger partial charge in [-0.2, -0.15) is 0 Å². The number of amides is 1. The van der Waals surface area contributed by atoms with Crippen molar-refractivity contribution in [1.29, 1.82) is 0 Å².